The van der Waals surface area contributed by atoms with Crippen molar-refractivity contribution in [3.8, 4) is 0 Å². The fraction of sp³-hybridized carbons (Fsp3) is 0.667. The summed E-state index contributed by atoms with van der Waals surface area (Å²) in [6, 6.07) is 5.39. The molecule has 1 heterocycles. The second kappa shape index (κ2) is 4.88. The van der Waals surface area contributed by atoms with Gasteiger partial charge in [-0.2, -0.15) is 0 Å². The zero-order chi connectivity index (χ0) is 12.5. The van der Waals surface area contributed by atoms with Crippen LogP contribution in [0.1, 0.15) is 44.2 Å². The molecule has 18 heavy (non-hydrogen) atoms. The van der Waals surface area contributed by atoms with Crippen LogP contribution in [0.4, 0.5) is 5.82 Å². The largest absolute Gasteiger partial charge is 0.353 e. The van der Waals surface area contributed by atoms with E-state index in [-0.39, 0.29) is 0 Å². The van der Waals surface area contributed by atoms with E-state index in [4.69, 9.17) is 0 Å². The van der Waals surface area contributed by atoms with Crippen molar-refractivity contribution in [1.82, 2.24) is 10.3 Å². The van der Waals surface area contributed by atoms with Gasteiger partial charge >= 0.3 is 0 Å². The average molecular weight is 245 g/mol. The lowest BCUT2D eigenvalue weighted by Crippen LogP contribution is -2.31. The minimum atomic E-state index is 0.370. The third-order valence-corrected chi connectivity index (χ3v) is 4.13. The van der Waals surface area contributed by atoms with Crippen molar-refractivity contribution in [2.24, 2.45) is 5.92 Å². The Hall–Kier alpha value is -1.09. The molecule has 1 unspecified atom stereocenters. The molecule has 1 atom stereocenters. The molecule has 3 nitrogen and oxygen atoms in total. The fourth-order valence-corrected chi connectivity index (χ4v) is 2.52. The number of hydrogen-bond acceptors (Lipinski definition) is 3. The van der Waals surface area contributed by atoms with Gasteiger partial charge in [0.15, 0.2) is 0 Å². The van der Waals surface area contributed by atoms with Crippen LogP contribution < -0.4 is 10.2 Å². The van der Waals surface area contributed by atoms with Gasteiger partial charge in [-0.25, -0.2) is 4.98 Å². The van der Waals surface area contributed by atoms with Crippen molar-refractivity contribution in [2.45, 2.75) is 44.7 Å². The molecule has 3 heteroatoms. The molecule has 2 fully saturated rings. The summed E-state index contributed by atoms with van der Waals surface area (Å²) < 4.78 is 0. The Balaban J connectivity index is 1.87. The minimum Gasteiger partial charge on any atom is -0.353 e. The van der Waals surface area contributed by atoms with Gasteiger partial charge in [-0.15, -0.1) is 0 Å². The van der Waals surface area contributed by atoms with Crippen LogP contribution in [-0.4, -0.2) is 24.6 Å². The normalized spacial score (nSPS) is 20.8. The standard InChI is InChI=1S/C15H23N3/c1-11(16-2)14-4-3-9-17-15(14)18(13-7-8-13)10-12-5-6-12/h3-4,9,11-13,16H,5-8,10H2,1-2H3. The highest BCUT2D eigenvalue weighted by Gasteiger charge is 2.35. The van der Waals surface area contributed by atoms with E-state index >= 15 is 0 Å². The van der Waals surface area contributed by atoms with Crippen LogP contribution in [0.15, 0.2) is 18.3 Å². The number of pyridine rings is 1. The van der Waals surface area contributed by atoms with Gasteiger partial charge in [0.2, 0.25) is 0 Å². The molecular weight excluding hydrogens is 222 g/mol. The molecule has 98 valence electrons. The highest BCUT2D eigenvalue weighted by atomic mass is 15.2. The summed E-state index contributed by atoms with van der Waals surface area (Å²) in [6.07, 6.45) is 7.44. The monoisotopic (exact) mass is 245 g/mol. The molecule has 0 aliphatic heterocycles. The molecule has 0 bridgehead atoms. The summed E-state index contributed by atoms with van der Waals surface area (Å²) in [4.78, 5) is 7.25. The molecule has 1 aromatic heterocycles. The predicted octanol–water partition coefficient (Wildman–Crippen LogP) is 2.74. The van der Waals surface area contributed by atoms with Crippen LogP contribution in [0.5, 0.6) is 0 Å². The first-order chi connectivity index (χ1) is 8.79. The lowest BCUT2D eigenvalue weighted by molar-refractivity contribution is 0.635. The van der Waals surface area contributed by atoms with E-state index in [0.717, 1.165) is 12.0 Å². The molecule has 1 N–H and O–H groups in total. The van der Waals surface area contributed by atoms with Crippen LogP contribution in [0.25, 0.3) is 0 Å². The van der Waals surface area contributed by atoms with Crippen LogP contribution >= 0.6 is 0 Å². The van der Waals surface area contributed by atoms with Gasteiger partial charge in [0.05, 0.1) is 0 Å². The van der Waals surface area contributed by atoms with Crippen molar-refractivity contribution < 1.29 is 0 Å². The molecule has 2 aliphatic carbocycles. The Morgan fingerprint density at radius 1 is 1.39 bits per heavy atom. The van der Waals surface area contributed by atoms with E-state index in [0.29, 0.717) is 6.04 Å². The van der Waals surface area contributed by atoms with Gasteiger partial charge < -0.3 is 10.2 Å². The average Bonchev–Trinajstić information content (AvgIpc) is 3.28. The fourth-order valence-electron chi connectivity index (χ4n) is 2.52. The molecule has 0 saturated heterocycles. The summed E-state index contributed by atoms with van der Waals surface area (Å²) in [5.41, 5.74) is 1.34. The molecule has 0 aromatic carbocycles. The molecule has 2 aliphatic rings. The first-order valence-electron chi connectivity index (χ1n) is 7.18. The zero-order valence-corrected chi connectivity index (χ0v) is 11.4. The molecule has 2 saturated carbocycles. The second-order valence-corrected chi connectivity index (χ2v) is 5.75. The summed E-state index contributed by atoms with van der Waals surface area (Å²) in [5.74, 6) is 2.14. The number of anilines is 1. The SMILES string of the molecule is CNC(C)c1cccnc1N(CC1CC1)C1CC1. The third kappa shape index (κ3) is 2.51. The number of aromatic nitrogens is 1. The van der Waals surface area contributed by atoms with Gasteiger partial charge in [-0.05, 0) is 51.6 Å². The Kier molecular flexibility index (Phi) is 3.25. The highest BCUT2D eigenvalue weighted by molar-refractivity contribution is 5.50. The summed E-state index contributed by atoms with van der Waals surface area (Å²) in [6.45, 7) is 3.42. The maximum Gasteiger partial charge on any atom is 0.133 e. The summed E-state index contributed by atoms with van der Waals surface area (Å²) in [5, 5.41) is 3.34. The minimum absolute atomic E-state index is 0.370. The van der Waals surface area contributed by atoms with Gasteiger partial charge in [-0.3, -0.25) is 0 Å². The van der Waals surface area contributed by atoms with Gasteiger partial charge in [0.25, 0.3) is 0 Å². The molecule has 0 spiro atoms. The molecular formula is C15H23N3. The van der Waals surface area contributed by atoms with E-state index in [9.17, 15) is 0 Å². The van der Waals surface area contributed by atoms with Crippen molar-refractivity contribution >= 4 is 5.82 Å². The molecule has 0 radical (unpaired) electrons. The van der Waals surface area contributed by atoms with E-state index in [1.54, 1.807) is 0 Å². The Morgan fingerprint density at radius 2 is 2.17 bits per heavy atom. The van der Waals surface area contributed by atoms with Crippen LogP contribution in [-0.2, 0) is 0 Å². The van der Waals surface area contributed by atoms with E-state index in [2.05, 4.69) is 34.3 Å². The smallest absolute Gasteiger partial charge is 0.133 e. The van der Waals surface area contributed by atoms with Crippen molar-refractivity contribution in [1.29, 1.82) is 0 Å². The lowest BCUT2D eigenvalue weighted by atomic mass is 10.1. The van der Waals surface area contributed by atoms with Gasteiger partial charge in [0, 0.05) is 30.4 Å². The van der Waals surface area contributed by atoms with E-state index < -0.39 is 0 Å². The first kappa shape index (κ1) is 12.0. The van der Waals surface area contributed by atoms with Gasteiger partial charge in [0.1, 0.15) is 5.82 Å². The van der Waals surface area contributed by atoms with Crippen molar-refractivity contribution in [2.75, 3.05) is 18.5 Å². The van der Waals surface area contributed by atoms with E-state index in [1.807, 2.05) is 13.2 Å². The molecule has 3 rings (SSSR count). The summed E-state index contributed by atoms with van der Waals surface area (Å²) in [7, 11) is 2.02. The maximum absolute atomic E-state index is 4.68. The zero-order valence-electron chi connectivity index (χ0n) is 11.4. The number of rotatable bonds is 6. The maximum atomic E-state index is 4.68. The molecule has 1 aromatic rings. The van der Waals surface area contributed by atoms with Crippen molar-refractivity contribution in [3.63, 3.8) is 0 Å². The Labute approximate surface area is 110 Å². The quantitative estimate of drug-likeness (QED) is 0.835. The number of nitrogens with one attached hydrogen (secondary N) is 1. The van der Waals surface area contributed by atoms with E-state index in [1.165, 1.54) is 43.6 Å². The Morgan fingerprint density at radius 3 is 2.78 bits per heavy atom. The Bertz CT molecular complexity index is 410. The number of nitrogens with zero attached hydrogens (tertiary/aromatic N) is 2. The lowest BCUT2D eigenvalue weighted by Gasteiger charge is -2.27. The third-order valence-electron chi connectivity index (χ3n) is 4.13. The highest BCUT2D eigenvalue weighted by Crippen LogP contribution is 2.38. The second-order valence-electron chi connectivity index (χ2n) is 5.75. The van der Waals surface area contributed by atoms with Crippen LogP contribution in [0.2, 0.25) is 0 Å². The topological polar surface area (TPSA) is 28.2 Å². The number of hydrogen-bond donors (Lipinski definition) is 1. The first-order valence-corrected chi connectivity index (χ1v) is 7.18. The summed E-state index contributed by atoms with van der Waals surface area (Å²) >= 11 is 0. The van der Waals surface area contributed by atoms with Crippen molar-refractivity contribution in [3.05, 3.63) is 23.9 Å². The van der Waals surface area contributed by atoms with Gasteiger partial charge in [-0.1, -0.05) is 6.07 Å². The van der Waals surface area contributed by atoms with Crippen LogP contribution in [0.3, 0.4) is 0 Å². The molecule has 0 amide bonds. The predicted molar refractivity (Wildman–Crippen MR) is 74.8 cm³/mol. The van der Waals surface area contributed by atoms with Crippen LogP contribution in [0, 0.1) is 5.92 Å².